The van der Waals surface area contributed by atoms with Crippen LogP contribution in [0, 0.1) is 0 Å². The van der Waals surface area contributed by atoms with Gasteiger partial charge in [0.25, 0.3) is 5.91 Å². The molecule has 0 saturated heterocycles. The monoisotopic (exact) mass is 558 g/mol. The molecule has 0 aliphatic heterocycles. The van der Waals surface area contributed by atoms with Gasteiger partial charge in [0.15, 0.2) is 6.61 Å². The highest BCUT2D eigenvalue weighted by Crippen LogP contribution is 2.28. The Kier molecular flexibility index (Phi) is 9.65. The summed E-state index contributed by atoms with van der Waals surface area (Å²) < 4.78 is 7.29. The SMILES string of the molecule is CC[C@@H](C)NC(=O)[C@@H](C)N(Cc1ccc(Br)cc1)C(=O)COc1ccc(Cl)cc1Br. The second kappa shape index (κ2) is 11.7. The fourth-order valence-corrected chi connectivity index (χ4v) is 3.71. The molecule has 162 valence electrons. The van der Waals surface area contributed by atoms with E-state index in [0.717, 1.165) is 16.5 Å². The Morgan fingerprint density at radius 3 is 2.40 bits per heavy atom. The molecule has 2 aromatic carbocycles. The summed E-state index contributed by atoms with van der Waals surface area (Å²) in [5.41, 5.74) is 0.919. The largest absolute Gasteiger partial charge is 0.483 e. The van der Waals surface area contributed by atoms with Gasteiger partial charge in [-0.05, 0) is 72.1 Å². The van der Waals surface area contributed by atoms with Gasteiger partial charge in [0.1, 0.15) is 11.8 Å². The second-order valence-electron chi connectivity index (χ2n) is 7.01. The second-order valence-corrected chi connectivity index (χ2v) is 9.21. The van der Waals surface area contributed by atoms with Crippen molar-refractivity contribution in [2.24, 2.45) is 0 Å². The molecule has 0 bridgehead atoms. The number of carbonyl (C=O) groups is 2. The third-order valence-electron chi connectivity index (χ3n) is 4.68. The molecular weight excluding hydrogens is 536 g/mol. The van der Waals surface area contributed by atoms with Crippen LogP contribution in [-0.4, -0.2) is 35.4 Å². The number of amides is 2. The zero-order chi connectivity index (χ0) is 22.3. The van der Waals surface area contributed by atoms with E-state index < -0.39 is 6.04 Å². The summed E-state index contributed by atoms with van der Waals surface area (Å²) in [5.74, 6) is 0.0297. The standard InChI is InChI=1S/C22H25Br2ClN2O3/c1-4-14(2)26-22(29)15(3)27(12-16-5-7-17(23)8-6-16)21(28)13-30-20-10-9-18(25)11-19(20)24/h5-11,14-15H,4,12-13H2,1-3H3,(H,26,29)/t14-,15-/m1/s1. The van der Waals surface area contributed by atoms with Crippen molar-refractivity contribution in [1.82, 2.24) is 10.2 Å². The first-order valence-electron chi connectivity index (χ1n) is 9.63. The van der Waals surface area contributed by atoms with Crippen molar-refractivity contribution in [3.63, 3.8) is 0 Å². The topological polar surface area (TPSA) is 58.6 Å². The summed E-state index contributed by atoms with van der Waals surface area (Å²) in [4.78, 5) is 27.3. The number of nitrogens with zero attached hydrogens (tertiary/aromatic N) is 1. The van der Waals surface area contributed by atoms with Crippen molar-refractivity contribution >= 4 is 55.3 Å². The summed E-state index contributed by atoms with van der Waals surface area (Å²) in [6.07, 6.45) is 0.812. The molecular formula is C22H25Br2ClN2O3. The number of hydrogen-bond donors (Lipinski definition) is 1. The Labute approximate surface area is 199 Å². The summed E-state index contributed by atoms with van der Waals surface area (Å²) >= 11 is 12.7. The lowest BCUT2D eigenvalue weighted by Crippen LogP contribution is -2.50. The molecule has 0 heterocycles. The van der Waals surface area contributed by atoms with Crippen LogP contribution in [0.4, 0.5) is 0 Å². The maximum Gasteiger partial charge on any atom is 0.261 e. The van der Waals surface area contributed by atoms with Crippen molar-refractivity contribution in [2.45, 2.75) is 45.8 Å². The van der Waals surface area contributed by atoms with Gasteiger partial charge in [-0.15, -0.1) is 0 Å². The number of halogens is 3. The quantitative estimate of drug-likeness (QED) is 0.436. The zero-order valence-electron chi connectivity index (χ0n) is 17.1. The van der Waals surface area contributed by atoms with E-state index >= 15 is 0 Å². The normalized spacial score (nSPS) is 12.7. The van der Waals surface area contributed by atoms with E-state index in [1.54, 1.807) is 25.1 Å². The van der Waals surface area contributed by atoms with Crippen LogP contribution in [0.2, 0.25) is 5.02 Å². The first-order chi connectivity index (χ1) is 14.2. The lowest BCUT2D eigenvalue weighted by atomic mass is 10.1. The van der Waals surface area contributed by atoms with Crippen LogP contribution in [-0.2, 0) is 16.1 Å². The van der Waals surface area contributed by atoms with E-state index in [4.69, 9.17) is 16.3 Å². The van der Waals surface area contributed by atoms with Gasteiger partial charge in [-0.3, -0.25) is 9.59 Å². The van der Waals surface area contributed by atoms with E-state index in [1.807, 2.05) is 38.1 Å². The molecule has 8 heteroatoms. The smallest absolute Gasteiger partial charge is 0.261 e. The third kappa shape index (κ3) is 7.29. The molecule has 2 amide bonds. The average molecular weight is 561 g/mol. The Morgan fingerprint density at radius 2 is 1.80 bits per heavy atom. The lowest BCUT2D eigenvalue weighted by molar-refractivity contribution is -0.142. The van der Waals surface area contributed by atoms with E-state index in [-0.39, 0.29) is 24.5 Å². The van der Waals surface area contributed by atoms with E-state index in [1.165, 1.54) is 4.90 Å². The first kappa shape index (κ1) is 24.7. The van der Waals surface area contributed by atoms with Gasteiger partial charge in [-0.1, -0.05) is 46.6 Å². The highest BCUT2D eigenvalue weighted by atomic mass is 79.9. The molecule has 1 N–H and O–H groups in total. The maximum absolute atomic E-state index is 13.0. The molecule has 30 heavy (non-hydrogen) atoms. The average Bonchev–Trinajstić information content (AvgIpc) is 2.71. The minimum absolute atomic E-state index is 0.0332. The molecule has 0 aromatic heterocycles. The summed E-state index contributed by atoms with van der Waals surface area (Å²) in [6, 6.07) is 12.1. The van der Waals surface area contributed by atoms with Crippen LogP contribution in [0.25, 0.3) is 0 Å². The fourth-order valence-electron chi connectivity index (χ4n) is 2.65. The first-order valence-corrected chi connectivity index (χ1v) is 11.6. The molecule has 0 unspecified atom stereocenters. The number of nitrogens with one attached hydrogen (secondary N) is 1. The number of rotatable bonds is 9. The van der Waals surface area contributed by atoms with Crippen molar-refractivity contribution in [3.8, 4) is 5.75 Å². The molecule has 2 rings (SSSR count). The number of ether oxygens (including phenoxy) is 1. The van der Waals surface area contributed by atoms with Crippen LogP contribution in [0.3, 0.4) is 0 Å². The Balaban J connectivity index is 2.16. The van der Waals surface area contributed by atoms with E-state index in [9.17, 15) is 9.59 Å². The molecule has 0 radical (unpaired) electrons. The molecule has 0 saturated carbocycles. The molecule has 0 fully saturated rings. The van der Waals surface area contributed by atoms with Gasteiger partial charge in [0.05, 0.1) is 4.47 Å². The predicted octanol–water partition coefficient (Wildman–Crippen LogP) is 5.58. The lowest BCUT2D eigenvalue weighted by Gasteiger charge is -2.29. The van der Waals surface area contributed by atoms with Gasteiger partial charge in [-0.25, -0.2) is 0 Å². The molecule has 0 spiro atoms. The van der Waals surface area contributed by atoms with E-state index in [2.05, 4.69) is 37.2 Å². The maximum atomic E-state index is 13.0. The molecule has 2 aromatic rings. The number of carbonyl (C=O) groups excluding carboxylic acids is 2. The van der Waals surface area contributed by atoms with Crippen LogP contribution >= 0.6 is 43.5 Å². The van der Waals surface area contributed by atoms with Gasteiger partial charge in [-0.2, -0.15) is 0 Å². The highest BCUT2D eigenvalue weighted by Gasteiger charge is 2.27. The van der Waals surface area contributed by atoms with Crippen LogP contribution in [0.5, 0.6) is 5.75 Å². The molecule has 0 aliphatic rings. The Bertz CT molecular complexity index is 877. The molecule has 0 aliphatic carbocycles. The number of benzene rings is 2. The van der Waals surface area contributed by atoms with Crippen LogP contribution in [0.1, 0.15) is 32.8 Å². The minimum Gasteiger partial charge on any atom is -0.483 e. The summed E-state index contributed by atoms with van der Waals surface area (Å²) in [5, 5.41) is 3.51. The highest BCUT2D eigenvalue weighted by molar-refractivity contribution is 9.10. The van der Waals surface area contributed by atoms with Crippen molar-refractivity contribution in [2.75, 3.05) is 6.61 Å². The summed E-state index contributed by atoms with van der Waals surface area (Å²) in [6.45, 7) is 5.77. The van der Waals surface area contributed by atoms with Crippen molar-refractivity contribution in [1.29, 1.82) is 0 Å². The van der Waals surface area contributed by atoms with Crippen LogP contribution < -0.4 is 10.1 Å². The minimum atomic E-state index is -0.646. The van der Waals surface area contributed by atoms with Crippen molar-refractivity contribution < 1.29 is 14.3 Å². The predicted molar refractivity (Wildman–Crippen MR) is 127 cm³/mol. The van der Waals surface area contributed by atoms with Gasteiger partial charge >= 0.3 is 0 Å². The van der Waals surface area contributed by atoms with E-state index in [0.29, 0.717) is 21.8 Å². The third-order valence-corrected chi connectivity index (χ3v) is 6.06. The van der Waals surface area contributed by atoms with Gasteiger partial charge < -0.3 is 15.0 Å². The molecule has 2 atom stereocenters. The zero-order valence-corrected chi connectivity index (χ0v) is 21.1. The van der Waals surface area contributed by atoms with Gasteiger partial charge in [0.2, 0.25) is 5.91 Å². The Hall–Kier alpha value is -1.57. The van der Waals surface area contributed by atoms with Gasteiger partial charge in [0, 0.05) is 22.1 Å². The van der Waals surface area contributed by atoms with Crippen LogP contribution in [0.15, 0.2) is 51.4 Å². The summed E-state index contributed by atoms with van der Waals surface area (Å²) in [7, 11) is 0. The van der Waals surface area contributed by atoms with Crippen molar-refractivity contribution in [3.05, 3.63) is 62.0 Å². The molecule has 5 nitrogen and oxygen atoms in total. The number of hydrogen-bond acceptors (Lipinski definition) is 3. The fraction of sp³-hybridized carbons (Fsp3) is 0.364. The Morgan fingerprint density at radius 1 is 1.13 bits per heavy atom.